The summed E-state index contributed by atoms with van der Waals surface area (Å²) in [6.07, 6.45) is 3.28. The number of hydrogen-bond donors (Lipinski definition) is 3. The molecular weight excluding hydrogens is 246 g/mol. The number of carbonyl (C=O) groups is 1. The van der Waals surface area contributed by atoms with Gasteiger partial charge in [0.25, 0.3) is 0 Å². The molecule has 0 saturated carbocycles. The Labute approximate surface area is 114 Å². The van der Waals surface area contributed by atoms with E-state index in [-0.39, 0.29) is 17.8 Å². The van der Waals surface area contributed by atoms with E-state index >= 15 is 0 Å². The van der Waals surface area contributed by atoms with Crippen LogP contribution in [0.3, 0.4) is 0 Å². The highest BCUT2D eigenvalue weighted by Crippen LogP contribution is 2.07. The summed E-state index contributed by atoms with van der Waals surface area (Å²) in [6, 6.07) is 9.87. The molecule has 100 valence electrons. The fourth-order valence-corrected chi connectivity index (χ4v) is 1.98. The molecule has 0 radical (unpaired) electrons. The van der Waals surface area contributed by atoms with Crippen molar-refractivity contribution >= 4 is 18.5 Å². The maximum Gasteiger partial charge on any atom is 0.233 e. The number of carbonyl (C=O) groups excluding carboxylic acids is 1. The first-order chi connectivity index (χ1) is 8.74. The second kappa shape index (κ2) is 9.00. The summed E-state index contributed by atoms with van der Waals surface area (Å²) in [7, 11) is 0. The molecule has 0 fully saturated rings. The molecule has 1 aromatic rings. The molecule has 1 aromatic carbocycles. The number of unbranched alkanes of at least 4 members (excludes halogenated alkanes) is 2. The fraction of sp³-hybridized carbons (Fsp3) is 0.500. The maximum atomic E-state index is 11.7. The lowest BCUT2D eigenvalue weighted by atomic mass is 10.1. The van der Waals surface area contributed by atoms with Gasteiger partial charge < -0.3 is 10.4 Å². The van der Waals surface area contributed by atoms with Crippen LogP contribution in [0.15, 0.2) is 30.3 Å². The van der Waals surface area contributed by atoms with E-state index in [9.17, 15) is 4.79 Å². The molecule has 18 heavy (non-hydrogen) atoms. The standard InChI is InChI=1S/C14H21NO2S/c16-10-6-2-5-9-15-14(17)13(18)11-12-7-3-1-4-8-12/h1,3-4,7-8,13,16,18H,2,5-6,9-11H2,(H,15,17). The van der Waals surface area contributed by atoms with Gasteiger partial charge in [0, 0.05) is 13.2 Å². The van der Waals surface area contributed by atoms with Gasteiger partial charge >= 0.3 is 0 Å². The molecule has 2 N–H and O–H groups in total. The molecule has 3 nitrogen and oxygen atoms in total. The van der Waals surface area contributed by atoms with Crippen molar-refractivity contribution in [3.63, 3.8) is 0 Å². The van der Waals surface area contributed by atoms with E-state index in [4.69, 9.17) is 5.11 Å². The van der Waals surface area contributed by atoms with Crippen LogP contribution in [0.1, 0.15) is 24.8 Å². The van der Waals surface area contributed by atoms with Crippen LogP contribution < -0.4 is 5.32 Å². The number of nitrogens with one attached hydrogen (secondary N) is 1. The van der Waals surface area contributed by atoms with E-state index < -0.39 is 0 Å². The molecule has 0 aliphatic rings. The molecule has 1 amide bonds. The predicted molar refractivity (Wildman–Crippen MR) is 76.9 cm³/mol. The average Bonchev–Trinajstić information content (AvgIpc) is 2.39. The Morgan fingerprint density at radius 2 is 1.94 bits per heavy atom. The van der Waals surface area contributed by atoms with Gasteiger partial charge in [0.15, 0.2) is 0 Å². The molecule has 0 saturated heterocycles. The van der Waals surface area contributed by atoms with E-state index in [0.717, 1.165) is 24.8 Å². The quantitative estimate of drug-likeness (QED) is 0.497. The summed E-state index contributed by atoms with van der Waals surface area (Å²) in [5.41, 5.74) is 1.12. The van der Waals surface area contributed by atoms with E-state index in [1.54, 1.807) is 0 Å². The maximum absolute atomic E-state index is 11.7. The summed E-state index contributed by atoms with van der Waals surface area (Å²) in [5.74, 6) is -0.0221. The first-order valence-corrected chi connectivity index (χ1v) is 6.86. The van der Waals surface area contributed by atoms with Crippen LogP contribution in [0.4, 0.5) is 0 Å². The lowest BCUT2D eigenvalue weighted by molar-refractivity contribution is -0.120. The number of benzene rings is 1. The summed E-state index contributed by atoms with van der Waals surface area (Å²) in [5, 5.41) is 11.2. The SMILES string of the molecule is O=C(NCCCCCO)C(S)Cc1ccccc1. The number of thiol groups is 1. The Morgan fingerprint density at radius 3 is 2.61 bits per heavy atom. The Kier molecular flexibility index (Phi) is 7.53. The highest BCUT2D eigenvalue weighted by molar-refractivity contribution is 7.81. The lowest BCUT2D eigenvalue weighted by Crippen LogP contribution is -2.33. The van der Waals surface area contributed by atoms with Gasteiger partial charge in [-0.1, -0.05) is 30.3 Å². The second-order valence-electron chi connectivity index (χ2n) is 4.28. The average molecular weight is 267 g/mol. The summed E-state index contributed by atoms with van der Waals surface area (Å²) in [6.45, 7) is 0.877. The smallest absolute Gasteiger partial charge is 0.233 e. The molecule has 1 atom stereocenters. The Balaban J connectivity index is 2.21. The van der Waals surface area contributed by atoms with Gasteiger partial charge in [0.1, 0.15) is 0 Å². The van der Waals surface area contributed by atoms with Crippen LogP contribution in [0.25, 0.3) is 0 Å². The lowest BCUT2D eigenvalue weighted by Gasteiger charge is -2.11. The Hall–Kier alpha value is -1.00. The summed E-state index contributed by atoms with van der Waals surface area (Å²) < 4.78 is 0. The van der Waals surface area contributed by atoms with Crippen molar-refractivity contribution in [3.8, 4) is 0 Å². The minimum atomic E-state index is -0.301. The number of amides is 1. The van der Waals surface area contributed by atoms with Gasteiger partial charge in [-0.15, -0.1) is 0 Å². The second-order valence-corrected chi connectivity index (χ2v) is 4.90. The van der Waals surface area contributed by atoms with Gasteiger partial charge in [0.05, 0.1) is 5.25 Å². The molecule has 1 unspecified atom stereocenters. The highest BCUT2D eigenvalue weighted by atomic mass is 32.1. The zero-order valence-electron chi connectivity index (χ0n) is 10.5. The molecule has 0 bridgehead atoms. The van der Waals surface area contributed by atoms with Crippen LogP contribution >= 0.6 is 12.6 Å². The van der Waals surface area contributed by atoms with Gasteiger partial charge in [0.2, 0.25) is 5.91 Å². The van der Waals surface area contributed by atoms with Crippen molar-refractivity contribution in [1.82, 2.24) is 5.32 Å². The first kappa shape index (κ1) is 15.1. The third kappa shape index (κ3) is 6.07. The predicted octanol–water partition coefficient (Wildman–Crippen LogP) is 1.81. The van der Waals surface area contributed by atoms with Crippen molar-refractivity contribution in [1.29, 1.82) is 0 Å². The van der Waals surface area contributed by atoms with Crippen LogP contribution in [-0.2, 0) is 11.2 Å². The van der Waals surface area contributed by atoms with Crippen LogP contribution in [0.5, 0.6) is 0 Å². The highest BCUT2D eigenvalue weighted by Gasteiger charge is 2.13. The van der Waals surface area contributed by atoms with Crippen molar-refractivity contribution < 1.29 is 9.90 Å². The van der Waals surface area contributed by atoms with Crippen LogP contribution in [-0.4, -0.2) is 29.4 Å². The molecule has 0 spiro atoms. The van der Waals surface area contributed by atoms with Gasteiger partial charge in [-0.2, -0.15) is 12.6 Å². The number of aliphatic hydroxyl groups excluding tert-OH is 1. The van der Waals surface area contributed by atoms with Crippen molar-refractivity contribution in [2.24, 2.45) is 0 Å². The molecule has 0 aliphatic carbocycles. The number of aliphatic hydroxyl groups is 1. The topological polar surface area (TPSA) is 49.3 Å². The fourth-order valence-electron chi connectivity index (χ4n) is 1.67. The van der Waals surface area contributed by atoms with E-state index in [1.165, 1.54) is 0 Å². The monoisotopic (exact) mass is 267 g/mol. The van der Waals surface area contributed by atoms with Crippen LogP contribution in [0.2, 0.25) is 0 Å². The minimum Gasteiger partial charge on any atom is -0.396 e. The van der Waals surface area contributed by atoms with Crippen molar-refractivity contribution in [3.05, 3.63) is 35.9 Å². The Bertz CT molecular complexity index is 343. The summed E-state index contributed by atoms with van der Waals surface area (Å²) >= 11 is 4.33. The zero-order chi connectivity index (χ0) is 13.2. The molecule has 0 aliphatic heterocycles. The van der Waals surface area contributed by atoms with Crippen molar-refractivity contribution in [2.45, 2.75) is 30.9 Å². The molecule has 0 aromatic heterocycles. The molecular formula is C14H21NO2S. The van der Waals surface area contributed by atoms with Gasteiger partial charge in [-0.05, 0) is 31.2 Å². The number of hydrogen-bond acceptors (Lipinski definition) is 3. The summed E-state index contributed by atoms with van der Waals surface area (Å²) in [4.78, 5) is 11.7. The van der Waals surface area contributed by atoms with Gasteiger partial charge in [-0.3, -0.25) is 4.79 Å². The van der Waals surface area contributed by atoms with Crippen molar-refractivity contribution in [2.75, 3.05) is 13.2 Å². The number of rotatable bonds is 8. The van der Waals surface area contributed by atoms with Crippen LogP contribution in [0, 0.1) is 0 Å². The van der Waals surface area contributed by atoms with E-state index in [0.29, 0.717) is 13.0 Å². The minimum absolute atomic E-state index is 0.0221. The third-order valence-corrected chi connectivity index (χ3v) is 3.13. The Morgan fingerprint density at radius 1 is 1.22 bits per heavy atom. The molecule has 4 heteroatoms. The zero-order valence-corrected chi connectivity index (χ0v) is 11.4. The third-order valence-electron chi connectivity index (χ3n) is 2.71. The molecule has 1 rings (SSSR count). The van der Waals surface area contributed by atoms with E-state index in [1.807, 2.05) is 30.3 Å². The molecule has 0 heterocycles. The van der Waals surface area contributed by atoms with Gasteiger partial charge in [-0.25, -0.2) is 0 Å². The first-order valence-electron chi connectivity index (χ1n) is 6.34. The normalized spacial score (nSPS) is 12.1. The van der Waals surface area contributed by atoms with E-state index in [2.05, 4.69) is 17.9 Å². The largest absolute Gasteiger partial charge is 0.396 e.